The number of rotatable bonds is 4. The molecule has 0 aliphatic carbocycles. The van der Waals surface area contributed by atoms with Gasteiger partial charge in [0.05, 0.1) is 41.1 Å². The molecule has 1 aliphatic rings. The average Bonchev–Trinajstić information content (AvgIpc) is 3.46. The number of likely N-dealkylation sites (tertiary alicyclic amines) is 1. The quantitative estimate of drug-likeness (QED) is 0.619. The summed E-state index contributed by atoms with van der Waals surface area (Å²) in [6.45, 7) is 0.584. The molecule has 0 saturated carbocycles. The van der Waals surface area contributed by atoms with Crippen molar-refractivity contribution in [3.8, 4) is 5.69 Å². The molecule has 4 rings (SSSR count). The van der Waals surface area contributed by atoms with Crippen LogP contribution in [0.1, 0.15) is 28.8 Å². The molecule has 1 fully saturated rings. The van der Waals surface area contributed by atoms with E-state index in [1.54, 1.807) is 13.2 Å². The number of nitrogens with one attached hydrogen (secondary N) is 2. The molecule has 2 N–H and O–H groups in total. The van der Waals surface area contributed by atoms with E-state index in [0.29, 0.717) is 31.5 Å². The molecule has 0 atom stereocenters. The summed E-state index contributed by atoms with van der Waals surface area (Å²) in [5, 5.41) is 16.9. The molecule has 1 aromatic carbocycles. The predicted molar refractivity (Wildman–Crippen MR) is 111 cm³/mol. The van der Waals surface area contributed by atoms with Gasteiger partial charge in [-0.3, -0.25) is 9.48 Å². The molecule has 1 aliphatic heterocycles. The highest BCUT2D eigenvalue weighted by Crippen LogP contribution is 2.36. The number of carbonyl (C=O) groups is 2. The Labute approximate surface area is 186 Å². The van der Waals surface area contributed by atoms with Crippen molar-refractivity contribution in [3.05, 3.63) is 54.1 Å². The van der Waals surface area contributed by atoms with Crippen LogP contribution in [0.5, 0.6) is 0 Å². The number of nitrogens with zero attached hydrogens (tertiary/aromatic N) is 6. The van der Waals surface area contributed by atoms with Gasteiger partial charge in [0.2, 0.25) is 0 Å². The van der Waals surface area contributed by atoms with Crippen molar-refractivity contribution in [2.24, 2.45) is 7.05 Å². The van der Waals surface area contributed by atoms with Crippen molar-refractivity contribution < 1.29 is 22.8 Å². The lowest BCUT2D eigenvalue weighted by atomic mass is 10.0. The van der Waals surface area contributed by atoms with Crippen molar-refractivity contribution in [1.29, 1.82) is 0 Å². The number of alkyl halides is 3. The molecule has 10 nitrogen and oxygen atoms in total. The fraction of sp³-hybridized carbons (Fsp3) is 0.350. The summed E-state index contributed by atoms with van der Waals surface area (Å²) >= 11 is 0. The van der Waals surface area contributed by atoms with Crippen LogP contribution in [0, 0.1) is 0 Å². The molecule has 0 spiro atoms. The first-order valence-corrected chi connectivity index (χ1v) is 10.1. The maximum atomic E-state index is 13.6. The second-order valence-corrected chi connectivity index (χ2v) is 7.61. The van der Waals surface area contributed by atoms with E-state index in [1.165, 1.54) is 40.3 Å². The van der Waals surface area contributed by atoms with Crippen LogP contribution < -0.4 is 10.6 Å². The van der Waals surface area contributed by atoms with Crippen LogP contribution in [-0.2, 0) is 13.2 Å². The number of halogens is 3. The molecule has 3 heterocycles. The van der Waals surface area contributed by atoms with E-state index >= 15 is 0 Å². The first-order valence-electron chi connectivity index (χ1n) is 10.1. The molecule has 0 bridgehead atoms. The van der Waals surface area contributed by atoms with Crippen LogP contribution in [0.3, 0.4) is 0 Å². The number of anilines is 1. The molecule has 3 aromatic rings. The summed E-state index contributed by atoms with van der Waals surface area (Å²) in [6.07, 6.45) is 2.05. The van der Waals surface area contributed by atoms with Crippen LogP contribution in [0.25, 0.3) is 5.69 Å². The Bertz CT molecular complexity index is 1130. The highest BCUT2D eigenvalue weighted by molar-refractivity contribution is 5.94. The minimum Gasteiger partial charge on any atom is -0.349 e. The minimum atomic E-state index is -4.69. The molecule has 33 heavy (non-hydrogen) atoms. The van der Waals surface area contributed by atoms with E-state index in [1.807, 2.05) is 0 Å². The smallest absolute Gasteiger partial charge is 0.349 e. The second-order valence-electron chi connectivity index (χ2n) is 7.61. The number of amides is 3. The molecule has 3 amide bonds. The predicted octanol–water partition coefficient (Wildman–Crippen LogP) is 2.45. The third-order valence-electron chi connectivity index (χ3n) is 5.28. The zero-order chi connectivity index (χ0) is 23.6. The normalized spacial score (nSPS) is 14.8. The van der Waals surface area contributed by atoms with Gasteiger partial charge in [0.25, 0.3) is 5.91 Å². The summed E-state index contributed by atoms with van der Waals surface area (Å²) < 4.78 is 42.4. The van der Waals surface area contributed by atoms with E-state index in [0.717, 1.165) is 10.9 Å². The Morgan fingerprint density at radius 1 is 1.09 bits per heavy atom. The first-order chi connectivity index (χ1) is 15.7. The summed E-state index contributed by atoms with van der Waals surface area (Å²) in [5.74, 6) is -0.257. The lowest BCUT2D eigenvalue weighted by Crippen LogP contribution is -2.47. The summed E-state index contributed by atoms with van der Waals surface area (Å²) in [5.41, 5.74) is -0.790. The van der Waals surface area contributed by atoms with Gasteiger partial charge < -0.3 is 15.5 Å². The van der Waals surface area contributed by atoms with E-state index in [4.69, 9.17) is 0 Å². The SMILES string of the molecule is Cn1cc(C(=O)NC2CCN(C(=O)Nc3ccc(-n4nccn4)cc3C(F)(F)F)CC2)cn1. The van der Waals surface area contributed by atoms with Gasteiger partial charge in [0.15, 0.2) is 0 Å². The Morgan fingerprint density at radius 2 is 1.79 bits per heavy atom. The highest BCUT2D eigenvalue weighted by atomic mass is 19.4. The molecule has 13 heteroatoms. The van der Waals surface area contributed by atoms with E-state index < -0.39 is 17.8 Å². The van der Waals surface area contributed by atoms with Gasteiger partial charge in [-0.2, -0.15) is 33.3 Å². The summed E-state index contributed by atoms with van der Waals surface area (Å²) in [6, 6.07) is 2.68. The molecule has 1 saturated heterocycles. The molecule has 0 unspecified atom stereocenters. The van der Waals surface area contributed by atoms with Crippen molar-refractivity contribution in [2.45, 2.75) is 25.1 Å². The molecular formula is C20H21F3N8O2. The first kappa shape index (κ1) is 22.3. The van der Waals surface area contributed by atoms with Gasteiger partial charge in [-0.15, -0.1) is 0 Å². The van der Waals surface area contributed by atoms with Gasteiger partial charge in [0.1, 0.15) is 0 Å². The summed E-state index contributed by atoms with van der Waals surface area (Å²) in [4.78, 5) is 27.4. The third-order valence-corrected chi connectivity index (χ3v) is 5.28. The number of benzene rings is 1. The number of aryl methyl sites for hydroxylation is 1. The summed E-state index contributed by atoms with van der Waals surface area (Å²) in [7, 11) is 1.71. The van der Waals surface area contributed by atoms with Crippen molar-refractivity contribution in [2.75, 3.05) is 18.4 Å². The number of hydrogen-bond acceptors (Lipinski definition) is 5. The standard InChI is InChI=1S/C20H21F3N8O2/c1-29-12-13(11-26-29)18(32)27-14-4-8-30(9-5-14)19(33)28-17-3-2-15(31-24-6-7-25-31)10-16(17)20(21,22)23/h2-3,6-7,10-12,14H,4-5,8-9H2,1H3,(H,27,32)(H,28,33). The lowest BCUT2D eigenvalue weighted by molar-refractivity contribution is -0.136. The topological polar surface area (TPSA) is 110 Å². The zero-order valence-electron chi connectivity index (χ0n) is 17.6. The number of hydrogen-bond donors (Lipinski definition) is 2. The lowest BCUT2D eigenvalue weighted by Gasteiger charge is -2.32. The van der Waals surface area contributed by atoms with Crippen LogP contribution in [0.15, 0.2) is 43.0 Å². The Hall–Kier alpha value is -3.90. The number of aromatic nitrogens is 5. The van der Waals surface area contributed by atoms with E-state index in [-0.39, 0.29) is 23.3 Å². The van der Waals surface area contributed by atoms with Crippen molar-refractivity contribution in [1.82, 2.24) is 35.0 Å². The van der Waals surface area contributed by atoms with Gasteiger partial charge in [-0.25, -0.2) is 4.79 Å². The van der Waals surface area contributed by atoms with Gasteiger partial charge in [-0.1, -0.05) is 0 Å². The maximum absolute atomic E-state index is 13.6. The van der Waals surface area contributed by atoms with E-state index in [9.17, 15) is 22.8 Å². The minimum absolute atomic E-state index is 0.121. The number of urea groups is 1. The Morgan fingerprint density at radius 3 is 2.39 bits per heavy atom. The van der Waals surface area contributed by atoms with Gasteiger partial charge in [-0.05, 0) is 31.0 Å². The molecule has 174 valence electrons. The van der Waals surface area contributed by atoms with Crippen LogP contribution in [0.2, 0.25) is 0 Å². The van der Waals surface area contributed by atoms with Crippen molar-refractivity contribution >= 4 is 17.6 Å². The van der Waals surface area contributed by atoms with Crippen LogP contribution >= 0.6 is 0 Å². The average molecular weight is 462 g/mol. The zero-order valence-corrected chi connectivity index (χ0v) is 17.6. The molecule has 0 radical (unpaired) electrons. The second kappa shape index (κ2) is 8.92. The fourth-order valence-corrected chi connectivity index (χ4v) is 3.58. The monoisotopic (exact) mass is 462 g/mol. The number of carbonyl (C=O) groups excluding carboxylic acids is 2. The molecule has 2 aromatic heterocycles. The fourth-order valence-electron chi connectivity index (χ4n) is 3.58. The Kier molecular flexibility index (Phi) is 6.03. The van der Waals surface area contributed by atoms with Crippen molar-refractivity contribution in [3.63, 3.8) is 0 Å². The number of piperidine rings is 1. The van der Waals surface area contributed by atoms with Gasteiger partial charge in [0, 0.05) is 32.4 Å². The third kappa shape index (κ3) is 5.13. The van der Waals surface area contributed by atoms with E-state index in [2.05, 4.69) is 25.9 Å². The largest absolute Gasteiger partial charge is 0.418 e. The Balaban J connectivity index is 1.38. The van der Waals surface area contributed by atoms with Gasteiger partial charge >= 0.3 is 12.2 Å². The van der Waals surface area contributed by atoms with Crippen LogP contribution in [0.4, 0.5) is 23.7 Å². The van der Waals surface area contributed by atoms with Crippen LogP contribution in [-0.4, -0.2) is 60.7 Å². The highest BCUT2D eigenvalue weighted by Gasteiger charge is 2.35. The molecular weight excluding hydrogens is 441 g/mol. The maximum Gasteiger partial charge on any atom is 0.418 e.